The van der Waals surface area contributed by atoms with E-state index in [1.165, 1.54) is 12.8 Å². The Morgan fingerprint density at radius 3 is 1.93 bits per heavy atom. The molecule has 28 heavy (non-hydrogen) atoms. The summed E-state index contributed by atoms with van der Waals surface area (Å²) in [5, 5.41) is 3.18. The lowest BCUT2D eigenvalue weighted by Crippen LogP contribution is -2.22. The van der Waals surface area contributed by atoms with Crippen LogP contribution in [0.15, 0.2) is 84.9 Å². The molecule has 3 aromatic carbocycles. The van der Waals surface area contributed by atoms with Crippen LogP contribution in [0, 0.1) is 0 Å². The first-order valence-electron chi connectivity index (χ1n) is 10.0. The lowest BCUT2D eigenvalue weighted by atomic mass is 9.88. The Hall–Kier alpha value is -3.07. The number of benzene rings is 3. The highest BCUT2D eigenvalue weighted by Gasteiger charge is 2.20. The number of nitrogens with one attached hydrogen (secondary N) is 1. The molecule has 1 N–H and O–H groups in total. The van der Waals surface area contributed by atoms with E-state index in [2.05, 4.69) is 40.5 Å². The molecule has 0 radical (unpaired) electrons. The summed E-state index contributed by atoms with van der Waals surface area (Å²) in [5.74, 6) is 0.0886. The van der Waals surface area contributed by atoms with E-state index >= 15 is 0 Å². The number of hydrogen-bond acceptors (Lipinski definition) is 2. The molecule has 1 aliphatic rings. The second-order valence-electron chi connectivity index (χ2n) is 7.34. The van der Waals surface area contributed by atoms with Gasteiger partial charge in [0.25, 0.3) is 0 Å². The Labute approximate surface area is 167 Å². The second-order valence-corrected chi connectivity index (χ2v) is 7.34. The Morgan fingerprint density at radius 1 is 0.786 bits per heavy atom. The summed E-state index contributed by atoms with van der Waals surface area (Å²) in [6.45, 7) is 2.12. The molecule has 0 aliphatic carbocycles. The molecule has 1 fully saturated rings. The molecule has 3 nitrogen and oxygen atoms in total. The molecular weight excluding hydrogens is 344 g/mol. The smallest absolute Gasteiger partial charge is 0.225 e. The van der Waals surface area contributed by atoms with Gasteiger partial charge in [0.2, 0.25) is 5.91 Å². The van der Waals surface area contributed by atoms with Gasteiger partial charge in [-0.25, -0.2) is 0 Å². The predicted molar refractivity (Wildman–Crippen MR) is 116 cm³/mol. The lowest BCUT2D eigenvalue weighted by molar-refractivity contribution is -0.116. The Kier molecular flexibility index (Phi) is 5.72. The van der Waals surface area contributed by atoms with Crippen LogP contribution in [0.5, 0.6) is 0 Å². The van der Waals surface area contributed by atoms with E-state index in [1.807, 2.05) is 54.6 Å². The summed E-state index contributed by atoms with van der Waals surface area (Å²) in [6, 6.07) is 28.7. The van der Waals surface area contributed by atoms with Gasteiger partial charge >= 0.3 is 0 Å². The molecule has 3 aromatic rings. The minimum Gasteiger partial charge on any atom is -0.370 e. The first kappa shape index (κ1) is 18.3. The Bertz CT molecular complexity index is 863. The first-order chi connectivity index (χ1) is 13.8. The van der Waals surface area contributed by atoms with Crippen molar-refractivity contribution in [3.05, 3.63) is 96.1 Å². The van der Waals surface area contributed by atoms with Gasteiger partial charge in [-0.3, -0.25) is 4.79 Å². The van der Waals surface area contributed by atoms with Crippen molar-refractivity contribution in [2.45, 2.75) is 25.2 Å². The van der Waals surface area contributed by atoms with Crippen molar-refractivity contribution in [3.63, 3.8) is 0 Å². The van der Waals surface area contributed by atoms with Gasteiger partial charge in [-0.2, -0.15) is 0 Å². The zero-order valence-corrected chi connectivity index (χ0v) is 16.1. The fourth-order valence-corrected chi connectivity index (χ4v) is 4.00. The van der Waals surface area contributed by atoms with Crippen LogP contribution >= 0.6 is 0 Å². The molecule has 0 atom stereocenters. The van der Waals surface area contributed by atoms with Crippen molar-refractivity contribution in [2.24, 2.45) is 0 Å². The van der Waals surface area contributed by atoms with Crippen molar-refractivity contribution < 1.29 is 4.79 Å². The van der Waals surface area contributed by atoms with E-state index < -0.39 is 0 Å². The largest absolute Gasteiger partial charge is 0.370 e. The fourth-order valence-electron chi connectivity index (χ4n) is 4.00. The summed E-state index contributed by atoms with van der Waals surface area (Å²) in [7, 11) is 0. The number of nitrogens with zero attached hydrogens (tertiary/aromatic N) is 1. The minimum absolute atomic E-state index is 0.0429. The highest BCUT2D eigenvalue weighted by molar-refractivity contribution is 5.95. The molecule has 1 saturated heterocycles. The predicted octanol–water partition coefficient (Wildman–Crippen LogP) is 5.45. The van der Waals surface area contributed by atoms with Gasteiger partial charge in [0.1, 0.15) is 0 Å². The summed E-state index contributed by atoms with van der Waals surface area (Å²) in [5.41, 5.74) is 4.37. The van der Waals surface area contributed by atoms with Gasteiger partial charge in [-0.05, 0) is 36.1 Å². The number of carbonyl (C=O) groups excluding carboxylic acids is 1. The minimum atomic E-state index is 0.0429. The van der Waals surface area contributed by atoms with Crippen molar-refractivity contribution >= 4 is 17.3 Å². The van der Waals surface area contributed by atoms with E-state index in [0.717, 1.165) is 35.6 Å². The Morgan fingerprint density at radius 2 is 1.32 bits per heavy atom. The second kappa shape index (κ2) is 8.75. The number of hydrogen-bond donors (Lipinski definition) is 1. The van der Waals surface area contributed by atoms with Crippen LogP contribution < -0.4 is 10.2 Å². The average Bonchev–Trinajstić information content (AvgIpc) is 3.28. The third-order valence-corrected chi connectivity index (χ3v) is 5.42. The number of amides is 1. The van der Waals surface area contributed by atoms with Crippen LogP contribution in [0.1, 0.15) is 36.3 Å². The maximum absolute atomic E-state index is 13.0. The molecule has 0 unspecified atom stereocenters. The van der Waals surface area contributed by atoms with E-state index in [4.69, 9.17) is 0 Å². The molecule has 1 aliphatic heterocycles. The molecule has 0 saturated carbocycles. The monoisotopic (exact) mass is 370 g/mol. The number of rotatable bonds is 6. The molecular formula is C25H26N2O. The molecule has 142 valence electrons. The molecule has 4 rings (SSSR count). The van der Waals surface area contributed by atoms with Crippen LogP contribution in [-0.4, -0.2) is 19.0 Å². The van der Waals surface area contributed by atoms with Crippen molar-refractivity contribution in [1.82, 2.24) is 0 Å². The summed E-state index contributed by atoms with van der Waals surface area (Å²) >= 11 is 0. The van der Waals surface area contributed by atoms with Crippen molar-refractivity contribution in [1.29, 1.82) is 0 Å². The SMILES string of the molecule is O=C(CC(c1ccccc1)c1ccccc1)Nc1ccccc1N1CCCC1. The van der Waals surface area contributed by atoms with Gasteiger partial charge in [-0.15, -0.1) is 0 Å². The van der Waals surface area contributed by atoms with Crippen molar-refractivity contribution in [2.75, 3.05) is 23.3 Å². The normalized spacial score (nSPS) is 13.7. The zero-order chi connectivity index (χ0) is 19.2. The van der Waals surface area contributed by atoms with Crippen LogP contribution in [-0.2, 0) is 4.79 Å². The number of para-hydroxylation sites is 2. The van der Waals surface area contributed by atoms with Gasteiger partial charge in [0.15, 0.2) is 0 Å². The number of carbonyl (C=O) groups is 1. The number of anilines is 2. The van der Waals surface area contributed by atoms with Gasteiger partial charge < -0.3 is 10.2 Å². The fraction of sp³-hybridized carbons (Fsp3) is 0.240. The highest BCUT2D eigenvalue weighted by atomic mass is 16.1. The van der Waals surface area contributed by atoms with Crippen LogP contribution in [0.25, 0.3) is 0 Å². The third kappa shape index (κ3) is 4.25. The molecule has 0 bridgehead atoms. The van der Waals surface area contributed by atoms with Crippen LogP contribution in [0.4, 0.5) is 11.4 Å². The van der Waals surface area contributed by atoms with Crippen molar-refractivity contribution in [3.8, 4) is 0 Å². The molecule has 0 spiro atoms. The lowest BCUT2D eigenvalue weighted by Gasteiger charge is -2.22. The Balaban J connectivity index is 1.54. The maximum atomic E-state index is 13.0. The van der Waals surface area contributed by atoms with Gasteiger partial charge in [0.05, 0.1) is 11.4 Å². The topological polar surface area (TPSA) is 32.3 Å². The molecule has 1 amide bonds. The van der Waals surface area contributed by atoms with Crippen LogP contribution in [0.3, 0.4) is 0 Å². The van der Waals surface area contributed by atoms with E-state index in [0.29, 0.717) is 6.42 Å². The van der Waals surface area contributed by atoms with E-state index in [1.54, 1.807) is 0 Å². The summed E-state index contributed by atoms with van der Waals surface area (Å²) < 4.78 is 0. The maximum Gasteiger partial charge on any atom is 0.225 e. The molecule has 3 heteroatoms. The van der Waals surface area contributed by atoms with Gasteiger partial charge in [-0.1, -0.05) is 72.8 Å². The third-order valence-electron chi connectivity index (χ3n) is 5.42. The van der Waals surface area contributed by atoms with E-state index in [9.17, 15) is 4.79 Å². The zero-order valence-electron chi connectivity index (χ0n) is 16.1. The first-order valence-corrected chi connectivity index (χ1v) is 10.0. The summed E-state index contributed by atoms with van der Waals surface area (Å²) in [6.07, 6.45) is 2.85. The standard InChI is InChI=1S/C25H26N2O/c28-25(26-23-15-7-8-16-24(23)27-17-9-10-18-27)19-22(20-11-3-1-4-12-20)21-13-5-2-6-14-21/h1-8,11-16,22H,9-10,17-19H2,(H,26,28). The highest BCUT2D eigenvalue weighted by Crippen LogP contribution is 2.31. The summed E-state index contributed by atoms with van der Waals surface area (Å²) in [4.78, 5) is 15.4. The quantitative estimate of drug-likeness (QED) is 0.626. The average molecular weight is 370 g/mol. The van der Waals surface area contributed by atoms with Gasteiger partial charge in [0, 0.05) is 25.4 Å². The molecule has 1 heterocycles. The van der Waals surface area contributed by atoms with Crippen LogP contribution in [0.2, 0.25) is 0 Å². The van der Waals surface area contributed by atoms with E-state index in [-0.39, 0.29) is 11.8 Å². The molecule has 0 aromatic heterocycles.